The summed E-state index contributed by atoms with van der Waals surface area (Å²) >= 11 is 0. The van der Waals surface area contributed by atoms with Gasteiger partial charge in [0.1, 0.15) is 23.4 Å². The third-order valence-electron chi connectivity index (χ3n) is 6.36. The minimum absolute atomic E-state index is 0.231. The number of carboxylic acids is 1. The highest BCUT2D eigenvalue weighted by Crippen LogP contribution is 2.45. The molecule has 2 amide bonds. The molecule has 2 aromatic rings. The third-order valence-corrected chi connectivity index (χ3v) is 6.36. The highest BCUT2D eigenvalue weighted by Gasteiger charge is 2.53. The fourth-order valence-electron chi connectivity index (χ4n) is 4.72. The lowest BCUT2D eigenvalue weighted by atomic mass is 9.79. The second-order valence-corrected chi connectivity index (χ2v) is 8.35. The monoisotopic (exact) mass is 434 g/mol. The summed E-state index contributed by atoms with van der Waals surface area (Å²) in [5, 5.41) is 22.1. The molecule has 1 heterocycles. The Kier molecular flexibility index (Phi) is 5.99. The van der Waals surface area contributed by atoms with Gasteiger partial charge in [0.15, 0.2) is 0 Å². The molecule has 3 N–H and O–H groups in total. The van der Waals surface area contributed by atoms with E-state index >= 15 is 0 Å². The first kappa shape index (κ1) is 21.6. The lowest BCUT2D eigenvalue weighted by molar-refractivity contribution is -0.138. The van der Waals surface area contributed by atoms with Crippen molar-refractivity contribution in [3.05, 3.63) is 71.5 Å². The van der Waals surface area contributed by atoms with Crippen LogP contribution in [0.4, 0.5) is 0 Å². The summed E-state index contributed by atoms with van der Waals surface area (Å²) in [7, 11) is 0. The van der Waals surface area contributed by atoms with Gasteiger partial charge in [0, 0.05) is 6.54 Å². The fourth-order valence-corrected chi connectivity index (χ4v) is 4.72. The highest BCUT2D eigenvalue weighted by atomic mass is 16.4. The number of aliphatic hydroxyl groups excluding tert-OH is 1. The van der Waals surface area contributed by atoms with Crippen LogP contribution in [0.25, 0.3) is 11.1 Å². The molecule has 32 heavy (non-hydrogen) atoms. The number of rotatable bonds is 6. The minimum Gasteiger partial charge on any atom is -0.509 e. The molecule has 1 saturated carbocycles. The Morgan fingerprint density at radius 1 is 0.938 bits per heavy atom. The summed E-state index contributed by atoms with van der Waals surface area (Å²) in [4.78, 5) is 38.2. The van der Waals surface area contributed by atoms with Gasteiger partial charge in [-0.25, -0.2) is 0 Å². The molecule has 0 unspecified atom stereocenters. The van der Waals surface area contributed by atoms with Crippen LogP contribution < -0.4 is 5.32 Å². The first-order valence-electron chi connectivity index (χ1n) is 10.8. The van der Waals surface area contributed by atoms with Crippen molar-refractivity contribution >= 4 is 17.8 Å². The largest absolute Gasteiger partial charge is 0.509 e. The van der Waals surface area contributed by atoms with Gasteiger partial charge in [-0.05, 0) is 29.5 Å². The molecule has 0 aromatic heterocycles. The van der Waals surface area contributed by atoms with Gasteiger partial charge in [-0.3, -0.25) is 14.4 Å². The fraction of sp³-hybridized carbons (Fsp3) is 0.320. The summed E-state index contributed by atoms with van der Waals surface area (Å²) in [6, 6.07) is 17.9. The molecular weight excluding hydrogens is 408 g/mol. The van der Waals surface area contributed by atoms with Crippen LogP contribution in [0.3, 0.4) is 0 Å². The van der Waals surface area contributed by atoms with Gasteiger partial charge >= 0.3 is 5.97 Å². The van der Waals surface area contributed by atoms with Gasteiger partial charge in [-0.15, -0.1) is 0 Å². The number of benzene rings is 2. The van der Waals surface area contributed by atoms with E-state index in [0.29, 0.717) is 12.8 Å². The molecule has 7 nitrogen and oxygen atoms in total. The van der Waals surface area contributed by atoms with Crippen LogP contribution in [0.2, 0.25) is 0 Å². The number of carbonyl (C=O) groups is 3. The normalized spacial score (nSPS) is 17.6. The lowest BCUT2D eigenvalue weighted by Crippen LogP contribution is -2.49. The molecule has 0 atom stereocenters. The quantitative estimate of drug-likeness (QED) is 0.604. The number of amides is 2. The molecule has 166 valence electrons. The van der Waals surface area contributed by atoms with Crippen molar-refractivity contribution in [1.82, 2.24) is 10.2 Å². The van der Waals surface area contributed by atoms with Crippen molar-refractivity contribution in [2.45, 2.75) is 44.2 Å². The van der Waals surface area contributed by atoms with Crippen LogP contribution in [-0.2, 0) is 20.9 Å². The maximum Gasteiger partial charge on any atom is 0.322 e. The van der Waals surface area contributed by atoms with Gasteiger partial charge in [-0.2, -0.15) is 0 Å². The first-order chi connectivity index (χ1) is 15.4. The van der Waals surface area contributed by atoms with Crippen LogP contribution in [-0.4, -0.2) is 45.0 Å². The zero-order valence-corrected chi connectivity index (χ0v) is 17.7. The van der Waals surface area contributed by atoms with Gasteiger partial charge in [0.2, 0.25) is 0 Å². The Morgan fingerprint density at radius 3 is 2.19 bits per heavy atom. The van der Waals surface area contributed by atoms with Crippen molar-refractivity contribution in [1.29, 1.82) is 0 Å². The summed E-state index contributed by atoms with van der Waals surface area (Å²) in [6.07, 6.45) is 3.82. The van der Waals surface area contributed by atoms with Crippen molar-refractivity contribution in [2.24, 2.45) is 0 Å². The van der Waals surface area contributed by atoms with E-state index in [2.05, 4.69) is 5.32 Å². The first-order valence-corrected chi connectivity index (χ1v) is 10.8. The number of carboxylic acid groups (broad SMARTS) is 1. The molecule has 2 aromatic carbocycles. The van der Waals surface area contributed by atoms with E-state index < -0.39 is 29.9 Å². The van der Waals surface area contributed by atoms with Crippen molar-refractivity contribution in [3.8, 4) is 11.1 Å². The summed E-state index contributed by atoms with van der Waals surface area (Å²) in [5.74, 6) is -2.85. The second kappa shape index (κ2) is 8.86. The predicted octanol–water partition coefficient (Wildman–Crippen LogP) is 3.41. The number of nitrogens with zero attached hydrogens (tertiary/aromatic N) is 1. The highest BCUT2D eigenvalue weighted by molar-refractivity contribution is 6.21. The Labute approximate surface area is 186 Å². The molecule has 1 aliphatic carbocycles. The summed E-state index contributed by atoms with van der Waals surface area (Å²) in [5.41, 5.74) is 1.79. The molecule has 0 saturated heterocycles. The molecular formula is C25H26N2O5. The van der Waals surface area contributed by atoms with E-state index in [1.807, 2.05) is 54.6 Å². The van der Waals surface area contributed by atoms with E-state index in [-0.39, 0.29) is 17.9 Å². The molecule has 4 rings (SSSR count). The molecule has 0 bridgehead atoms. The number of hydrogen-bond donors (Lipinski definition) is 3. The van der Waals surface area contributed by atoms with Gasteiger partial charge in [0.05, 0.1) is 0 Å². The molecule has 2 aliphatic rings. The number of aliphatic carboxylic acids is 1. The number of nitrogens with one attached hydrogen (secondary N) is 1. The molecule has 1 spiro atoms. The van der Waals surface area contributed by atoms with E-state index in [1.165, 1.54) is 0 Å². The van der Waals surface area contributed by atoms with E-state index in [1.54, 1.807) is 4.90 Å². The summed E-state index contributed by atoms with van der Waals surface area (Å²) < 4.78 is 0. The Hall–Kier alpha value is -3.61. The van der Waals surface area contributed by atoms with Crippen LogP contribution in [0.15, 0.2) is 65.9 Å². The zero-order valence-electron chi connectivity index (χ0n) is 17.7. The maximum atomic E-state index is 13.3. The van der Waals surface area contributed by atoms with Crippen molar-refractivity contribution in [2.75, 3.05) is 6.54 Å². The Bertz CT molecular complexity index is 1050. The van der Waals surface area contributed by atoms with Crippen LogP contribution in [0, 0.1) is 0 Å². The van der Waals surface area contributed by atoms with Crippen molar-refractivity contribution in [3.63, 3.8) is 0 Å². The zero-order chi connectivity index (χ0) is 22.7. The standard InChI is InChI=1S/C25H26N2O5/c28-20(29)15-26-23(31)21-22(30)25(13-5-2-6-14-25)27(24(21)32)16-17-9-11-19(12-10-17)18-7-3-1-4-8-18/h1,3-4,7-12,30H,2,5-6,13-16H2,(H,26,31)(H,28,29). The van der Waals surface area contributed by atoms with E-state index in [4.69, 9.17) is 5.11 Å². The molecule has 7 heteroatoms. The second-order valence-electron chi connectivity index (χ2n) is 8.35. The van der Waals surface area contributed by atoms with Gasteiger partial charge < -0.3 is 20.4 Å². The molecule has 1 fully saturated rings. The topological polar surface area (TPSA) is 107 Å². The Balaban J connectivity index is 1.60. The Morgan fingerprint density at radius 2 is 1.56 bits per heavy atom. The average molecular weight is 434 g/mol. The maximum absolute atomic E-state index is 13.3. The number of carbonyl (C=O) groups excluding carboxylic acids is 2. The van der Waals surface area contributed by atoms with Gasteiger partial charge in [0.25, 0.3) is 11.8 Å². The lowest BCUT2D eigenvalue weighted by Gasteiger charge is -2.41. The SMILES string of the molecule is O=C(O)CNC(=O)C1=C(O)C2(CCCCC2)N(Cc2ccc(-c3ccccc3)cc2)C1=O. The van der Waals surface area contributed by atoms with E-state index in [9.17, 15) is 19.5 Å². The third kappa shape index (κ3) is 3.98. The van der Waals surface area contributed by atoms with Crippen LogP contribution >= 0.6 is 0 Å². The smallest absolute Gasteiger partial charge is 0.322 e. The molecule has 1 aliphatic heterocycles. The summed E-state index contributed by atoms with van der Waals surface area (Å²) in [6.45, 7) is -0.357. The minimum atomic E-state index is -1.22. The predicted molar refractivity (Wildman–Crippen MR) is 119 cm³/mol. The van der Waals surface area contributed by atoms with Crippen molar-refractivity contribution < 1.29 is 24.6 Å². The van der Waals surface area contributed by atoms with Crippen LogP contribution in [0.1, 0.15) is 37.7 Å². The van der Waals surface area contributed by atoms with Gasteiger partial charge in [-0.1, -0.05) is 73.9 Å². The molecule has 0 radical (unpaired) electrons. The van der Waals surface area contributed by atoms with Crippen LogP contribution in [0.5, 0.6) is 0 Å². The average Bonchev–Trinajstić information content (AvgIpc) is 3.00. The number of hydrogen-bond acceptors (Lipinski definition) is 4. The van der Waals surface area contributed by atoms with E-state index in [0.717, 1.165) is 36.0 Å². The number of aliphatic hydroxyl groups is 1.